The van der Waals surface area contributed by atoms with Gasteiger partial charge < -0.3 is 9.90 Å². The third kappa shape index (κ3) is 9.33. The van der Waals surface area contributed by atoms with Gasteiger partial charge in [-0.25, -0.2) is 0 Å². The van der Waals surface area contributed by atoms with Crippen molar-refractivity contribution in [2.45, 2.75) is 20.3 Å². The van der Waals surface area contributed by atoms with Crippen molar-refractivity contribution in [3.05, 3.63) is 30.6 Å². The summed E-state index contributed by atoms with van der Waals surface area (Å²) in [6, 6.07) is 5.72. The number of carbonyl (C=O) groups is 1. The summed E-state index contributed by atoms with van der Waals surface area (Å²) in [5.74, 6) is -1.25. The fourth-order valence-electron chi connectivity index (χ4n) is 0.479. The third-order valence-corrected chi connectivity index (χ3v) is 1.58. The topological polar surface area (TPSA) is 53.0 Å². The number of pyridine rings is 1. The molecule has 4 heteroatoms. The summed E-state index contributed by atoms with van der Waals surface area (Å²) in [6.45, 7) is 3.45. The summed E-state index contributed by atoms with van der Waals surface area (Å²) in [7, 11) is 0. The molecule has 1 rings (SSSR count). The van der Waals surface area contributed by atoms with Crippen molar-refractivity contribution in [1.82, 2.24) is 4.98 Å². The molecule has 0 aliphatic carbocycles. The predicted molar refractivity (Wildman–Crippen MR) is 48.7 cm³/mol. The number of aliphatic carboxylic acids is 1. The van der Waals surface area contributed by atoms with Crippen LogP contribution in [0.3, 0.4) is 0 Å². The van der Waals surface area contributed by atoms with Crippen LogP contribution in [-0.4, -0.2) is 11.0 Å². The minimum absolute atomic E-state index is 0. The summed E-state index contributed by atoms with van der Waals surface area (Å²) >= 11 is 0. The maximum atomic E-state index is 9.82. The zero-order valence-corrected chi connectivity index (χ0v) is 9.91. The first-order valence-electron chi connectivity index (χ1n) is 4.24. The van der Waals surface area contributed by atoms with Gasteiger partial charge in [0.25, 0.3) is 0 Å². The van der Waals surface area contributed by atoms with E-state index < -0.39 is 5.97 Å². The monoisotopic (exact) mass is 283 g/mol. The molecule has 0 aliphatic rings. The molecule has 0 aromatic carbocycles. The first-order valence-corrected chi connectivity index (χ1v) is 4.24. The first-order chi connectivity index (χ1) is 6.18. The molecule has 1 aromatic rings. The Kier molecular flexibility index (Phi) is 11.6. The van der Waals surface area contributed by atoms with Crippen LogP contribution in [0.5, 0.6) is 0 Å². The van der Waals surface area contributed by atoms with Gasteiger partial charge in [0.1, 0.15) is 0 Å². The van der Waals surface area contributed by atoms with Crippen molar-refractivity contribution in [3.63, 3.8) is 0 Å². The average molecular weight is 283 g/mol. The minimum Gasteiger partial charge on any atom is -0.550 e. The molecular formula is C10H14NO2Rh-. The Hall–Kier alpha value is -0.757. The van der Waals surface area contributed by atoms with Gasteiger partial charge in [-0.1, -0.05) is 19.9 Å². The van der Waals surface area contributed by atoms with E-state index in [0.717, 1.165) is 0 Å². The maximum Gasteiger partial charge on any atom is 0.0442 e. The van der Waals surface area contributed by atoms with Crippen molar-refractivity contribution < 1.29 is 29.4 Å². The van der Waals surface area contributed by atoms with Crippen molar-refractivity contribution >= 4 is 5.97 Å². The van der Waals surface area contributed by atoms with Crippen molar-refractivity contribution in [1.29, 1.82) is 0 Å². The Labute approximate surface area is 97.3 Å². The molecule has 0 fully saturated rings. The van der Waals surface area contributed by atoms with Crippen LogP contribution in [0.15, 0.2) is 30.6 Å². The second-order valence-electron chi connectivity index (χ2n) is 2.65. The van der Waals surface area contributed by atoms with E-state index in [4.69, 9.17) is 0 Å². The zero-order valence-electron chi connectivity index (χ0n) is 8.27. The standard InChI is InChI=1S/C5H5N.C5H10O2.Rh/c1-2-4-6-5-3-1;1-3-4(2)5(6)7;/h1-5H;4H,3H2,1-2H3,(H,6,7);/p-1. The second kappa shape index (κ2) is 10.3. The summed E-state index contributed by atoms with van der Waals surface area (Å²) in [5, 5.41) is 9.82. The maximum absolute atomic E-state index is 9.82. The van der Waals surface area contributed by atoms with E-state index in [0.29, 0.717) is 6.42 Å². The normalized spacial score (nSPS) is 10.1. The average Bonchev–Trinajstić information content (AvgIpc) is 2.20. The van der Waals surface area contributed by atoms with E-state index in [-0.39, 0.29) is 25.4 Å². The SMILES string of the molecule is CCC(C)C(=O)[O-].[Rh].c1ccncc1. The number of carboxylic acids is 1. The third-order valence-electron chi connectivity index (χ3n) is 1.58. The van der Waals surface area contributed by atoms with E-state index in [9.17, 15) is 9.90 Å². The van der Waals surface area contributed by atoms with E-state index in [1.165, 1.54) is 0 Å². The summed E-state index contributed by atoms with van der Waals surface area (Å²) in [6.07, 6.45) is 4.16. The number of hydrogen-bond acceptors (Lipinski definition) is 3. The zero-order chi connectivity index (χ0) is 10.1. The van der Waals surface area contributed by atoms with Crippen molar-refractivity contribution in [2.24, 2.45) is 5.92 Å². The van der Waals surface area contributed by atoms with Gasteiger partial charge in [-0.2, -0.15) is 0 Å². The molecule has 0 N–H and O–H groups in total. The molecule has 1 atom stereocenters. The van der Waals surface area contributed by atoms with Crippen molar-refractivity contribution in [3.8, 4) is 0 Å². The van der Waals surface area contributed by atoms with Gasteiger partial charge in [-0.3, -0.25) is 4.98 Å². The Bertz CT molecular complexity index is 202. The molecule has 1 aromatic heterocycles. The second-order valence-corrected chi connectivity index (χ2v) is 2.65. The Morgan fingerprint density at radius 2 is 1.86 bits per heavy atom. The number of carboxylic acid groups (broad SMARTS) is 1. The number of nitrogens with zero attached hydrogens (tertiary/aromatic N) is 1. The summed E-state index contributed by atoms with van der Waals surface area (Å²) in [4.78, 5) is 13.6. The number of hydrogen-bond donors (Lipinski definition) is 0. The van der Waals surface area contributed by atoms with Crippen LogP contribution in [-0.2, 0) is 24.3 Å². The first kappa shape index (κ1) is 15.7. The summed E-state index contributed by atoms with van der Waals surface area (Å²) in [5.41, 5.74) is 0. The fourth-order valence-corrected chi connectivity index (χ4v) is 0.479. The quantitative estimate of drug-likeness (QED) is 0.756. The van der Waals surface area contributed by atoms with Gasteiger partial charge in [0, 0.05) is 37.8 Å². The van der Waals surface area contributed by atoms with Crippen LogP contribution in [0, 0.1) is 5.92 Å². The van der Waals surface area contributed by atoms with Gasteiger partial charge in [0.2, 0.25) is 0 Å². The van der Waals surface area contributed by atoms with Gasteiger partial charge >= 0.3 is 0 Å². The molecule has 1 radical (unpaired) electrons. The van der Waals surface area contributed by atoms with Crippen LogP contribution in [0.2, 0.25) is 0 Å². The molecule has 1 heterocycles. The van der Waals surface area contributed by atoms with Crippen LogP contribution in [0.4, 0.5) is 0 Å². The molecule has 14 heavy (non-hydrogen) atoms. The molecule has 0 aliphatic heterocycles. The summed E-state index contributed by atoms with van der Waals surface area (Å²) < 4.78 is 0. The minimum atomic E-state index is -0.956. The van der Waals surface area contributed by atoms with Gasteiger partial charge in [0.15, 0.2) is 0 Å². The molecular weight excluding hydrogens is 269 g/mol. The van der Waals surface area contributed by atoms with E-state index in [2.05, 4.69) is 4.98 Å². The van der Waals surface area contributed by atoms with Crippen LogP contribution in [0.1, 0.15) is 20.3 Å². The number of carbonyl (C=O) groups excluding carboxylic acids is 1. The van der Waals surface area contributed by atoms with Crippen LogP contribution < -0.4 is 5.11 Å². The van der Waals surface area contributed by atoms with Crippen LogP contribution >= 0.6 is 0 Å². The predicted octanol–water partition coefficient (Wildman–Crippen LogP) is 0.861. The van der Waals surface area contributed by atoms with E-state index >= 15 is 0 Å². The smallest absolute Gasteiger partial charge is 0.0442 e. The Balaban J connectivity index is 0. The number of aromatic nitrogens is 1. The van der Waals surface area contributed by atoms with E-state index in [1.807, 2.05) is 25.1 Å². The largest absolute Gasteiger partial charge is 0.550 e. The van der Waals surface area contributed by atoms with Gasteiger partial charge in [0.05, 0.1) is 0 Å². The van der Waals surface area contributed by atoms with E-state index in [1.54, 1.807) is 19.3 Å². The van der Waals surface area contributed by atoms with Crippen molar-refractivity contribution in [2.75, 3.05) is 0 Å². The van der Waals surface area contributed by atoms with Crippen LogP contribution in [0.25, 0.3) is 0 Å². The molecule has 3 nitrogen and oxygen atoms in total. The molecule has 0 spiro atoms. The molecule has 1 unspecified atom stereocenters. The molecule has 0 saturated carbocycles. The molecule has 0 bridgehead atoms. The Morgan fingerprint density at radius 1 is 1.36 bits per heavy atom. The van der Waals surface area contributed by atoms with Gasteiger partial charge in [-0.05, 0) is 24.5 Å². The molecule has 0 saturated heterocycles. The molecule has 81 valence electrons. The fraction of sp³-hybridized carbons (Fsp3) is 0.400. The molecule has 0 amide bonds. The number of rotatable bonds is 2. The van der Waals surface area contributed by atoms with Gasteiger partial charge in [-0.15, -0.1) is 0 Å². The Morgan fingerprint density at radius 3 is 1.93 bits per heavy atom.